The van der Waals surface area contributed by atoms with Crippen LogP contribution in [0.1, 0.15) is 17.5 Å². The van der Waals surface area contributed by atoms with E-state index in [4.69, 9.17) is 10.7 Å². The van der Waals surface area contributed by atoms with Gasteiger partial charge in [-0.3, -0.25) is 4.90 Å². The Morgan fingerprint density at radius 1 is 1.09 bits per heavy atom. The highest BCUT2D eigenvalue weighted by Gasteiger charge is 2.17. The molecule has 2 aromatic rings. The van der Waals surface area contributed by atoms with E-state index in [9.17, 15) is 0 Å². The van der Waals surface area contributed by atoms with Gasteiger partial charge in [-0.25, -0.2) is 4.98 Å². The molecule has 1 aliphatic heterocycles. The molecule has 1 aliphatic rings. The fourth-order valence-electron chi connectivity index (χ4n) is 3.28. The van der Waals surface area contributed by atoms with Gasteiger partial charge in [0.2, 0.25) is 0 Å². The third-order valence-corrected chi connectivity index (χ3v) is 4.49. The lowest BCUT2D eigenvalue weighted by molar-refractivity contribution is 0.256. The Labute approximate surface area is 132 Å². The summed E-state index contributed by atoms with van der Waals surface area (Å²) in [5, 5.41) is 1.24. The highest BCUT2D eigenvalue weighted by molar-refractivity contribution is 5.84. The largest absolute Gasteiger partial charge is 0.354 e. The molecule has 0 saturated carbocycles. The summed E-state index contributed by atoms with van der Waals surface area (Å²) in [4.78, 5) is 9.81. The third-order valence-electron chi connectivity index (χ3n) is 4.49. The number of hydrogen-bond donors (Lipinski definition) is 1. The molecule has 0 bridgehead atoms. The predicted octanol–water partition coefficient (Wildman–Crippen LogP) is 2.32. The number of hydrogen-bond acceptors (Lipinski definition) is 4. The van der Waals surface area contributed by atoms with E-state index in [1.54, 1.807) is 0 Å². The quantitative estimate of drug-likeness (QED) is 0.941. The number of piperazine rings is 1. The number of benzene rings is 1. The first-order valence-corrected chi connectivity index (χ1v) is 8.23. The van der Waals surface area contributed by atoms with Crippen LogP contribution in [0.4, 0.5) is 5.82 Å². The summed E-state index contributed by atoms with van der Waals surface area (Å²) in [5.41, 5.74) is 9.29. The van der Waals surface area contributed by atoms with Gasteiger partial charge in [0.1, 0.15) is 5.82 Å². The average molecular weight is 298 g/mol. The Morgan fingerprint density at radius 2 is 1.86 bits per heavy atom. The predicted molar refractivity (Wildman–Crippen MR) is 93.5 cm³/mol. The van der Waals surface area contributed by atoms with Gasteiger partial charge in [-0.2, -0.15) is 0 Å². The van der Waals surface area contributed by atoms with E-state index in [1.807, 2.05) is 0 Å². The van der Waals surface area contributed by atoms with Crippen LogP contribution in [0, 0.1) is 13.8 Å². The summed E-state index contributed by atoms with van der Waals surface area (Å²) >= 11 is 0. The lowest BCUT2D eigenvalue weighted by atomic mass is 10.1. The lowest BCUT2D eigenvalue weighted by Gasteiger charge is -2.35. The zero-order chi connectivity index (χ0) is 15.5. The highest BCUT2D eigenvalue weighted by atomic mass is 15.3. The fourth-order valence-corrected chi connectivity index (χ4v) is 3.28. The Hall–Kier alpha value is -1.65. The molecule has 0 atom stereocenters. The molecule has 3 rings (SSSR count). The average Bonchev–Trinajstić information content (AvgIpc) is 2.53. The SMILES string of the molecule is Cc1cc(C)c2nc(N3CCN(CCCN)CC3)ccc2c1. The summed E-state index contributed by atoms with van der Waals surface area (Å²) in [7, 11) is 0. The zero-order valence-electron chi connectivity index (χ0n) is 13.7. The minimum absolute atomic E-state index is 0.783. The van der Waals surface area contributed by atoms with Gasteiger partial charge in [-0.15, -0.1) is 0 Å². The van der Waals surface area contributed by atoms with Gasteiger partial charge in [0, 0.05) is 31.6 Å². The number of nitrogens with zero attached hydrogens (tertiary/aromatic N) is 3. The maximum absolute atomic E-state index is 5.59. The van der Waals surface area contributed by atoms with Crippen LogP contribution in [0.5, 0.6) is 0 Å². The van der Waals surface area contributed by atoms with E-state index in [0.717, 1.165) is 57.0 Å². The molecule has 4 heteroatoms. The van der Waals surface area contributed by atoms with Gasteiger partial charge in [0.25, 0.3) is 0 Å². The third kappa shape index (κ3) is 3.23. The summed E-state index contributed by atoms with van der Waals surface area (Å²) in [5.74, 6) is 1.11. The van der Waals surface area contributed by atoms with E-state index in [-0.39, 0.29) is 0 Å². The lowest BCUT2D eigenvalue weighted by Crippen LogP contribution is -2.47. The highest BCUT2D eigenvalue weighted by Crippen LogP contribution is 2.23. The zero-order valence-corrected chi connectivity index (χ0v) is 13.7. The second kappa shape index (κ2) is 6.63. The maximum Gasteiger partial charge on any atom is 0.129 e. The smallest absolute Gasteiger partial charge is 0.129 e. The molecular weight excluding hydrogens is 272 g/mol. The van der Waals surface area contributed by atoms with E-state index >= 15 is 0 Å². The molecule has 1 fully saturated rings. The molecule has 0 aliphatic carbocycles. The molecule has 2 heterocycles. The first kappa shape index (κ1) is 15.3. The van der Waals surface area contributed by atoms with Crippen molar-refractivity contribution in [3.05, 3.63) is 35.4 Å². The van der Waals surface area contributed by atoms with Crippen LogP contribution in [0.2, 0.25) is 0 Å². The molecule has 0 spiro atoms. The van der Waals surface area contributed by atoms with Gasteiger partial charge < -0.3 is 10.6 Å². The first-order valence-electron chi connectivity index (χ1n) is 8.23. The molecular formula is C18H26N4. The van der Waals surface area contributed by atoms with E-state index in [1.165, 1.54) is 16.5 Å². The normalized spacial score (nSPS) is 16.4. The van der Waals surface area contributed by atoms with Crippen molar-refractivity contribution in [1.29, 1.82) is 0 Å². The molecule has 1 aromatic carbocycles. The fraction of sp³-hybridized carbons (Fsp3) is 0.500. The number of aromatic nitrogens is 1. The van der Waals surface area contributed by atoms with Crippen molar-refractivity contribution in [2.24, 2.45) is 5.73 Å². The standard InChI is InChI=1S/C18H26N4/c1-14-12-15(2)18-16(13-14)4-5-17(20-18)22-10-8-21(9-11-22)7-3-6-19/h4-5,12-13H,3,6-11,19H2,1-2H3. The monoisotopic (exact) mass is 298 g/mol. The van der Waals surface area contributed by atoms with Crippen LogP contribution < -0.4 is 10.6 Å². The van der Waals surface area contributed by atoms with Gasteiger partial charge in [-0.05, 0) is 57.1 Å². The van der Waals surface area contributed by atoms with E-state index < -0.39 is 0 Å². The number of pyridine rings is 1. The van der Waals surface area contributed by atoms with Crippen molar-refractivity contribution < 1.29 is 0 Å². The van der Waals surface area contributed by atoms with Crippen molar-refractivity contribution in [3.63, 3.8) is 0 Å². The summed E-state index contributed by atoms with van der Waals surface area (Å²) in [6, 6.07) is 8.79. The van der Waals surface area contributed by atoms with Gasteiger partial charge in [0.15, 0.2) is 0 Å². The number of rotatable bonds is 4. The molecule has 0 radical (unpaired) electrons. The van der Waals surface area contributed by atoms with E-state index in [2.05, 4.69) is 47.9 Å². The summed E-state index contributed by atoms with van der Waals surface area (Å²) in [6.45, 7) is 10.5. The van der Waals surface area contributed by atoms with Crippen LogP contribution >= 0.6 is 0 Å². The van der Waals surface area contributed by atoms with E-state index in [0.29, 0.717) is 0 Å². The number of aryl methyl sites for hydroxylation is 2. The summed E-state index contributed by atoms with van der Waals surface area (Å²) < 4.78 is 0. The second-order valence-electron chi connectivity index (χ2n) is 6.29. The van der Waals surface area contributed by atoms with Crippen molar-refractivity contribution in [2.75, 3.05) is 44.2 Å². The van der Waals surface area contributed by atoms with Crippen LogP contribution in [0.15, 0.2) is 24.3 Å². The van der Waals surface area contributed by atoms with Gasteiger partial charge >= 0.3 is 0 Å². The minimum atomic E-state index is 0.783. The number of anilines is 1. The second-order valence-corrected chi connectivity index (χ2v) is 6.29. The van der Waals surface area contributed by atoms with Gasteiger partial charge in [-0.1, -0.05) is 11.6 Å². The Kier molecular flexibility index (Phi) is 4.60. The Bertz CT molecular complexity index is 645. The number of fused-ring (bicyclic) bond motifs is 1. The number of nitrogens with two attached hydrogens (primary N) is 1. The molecule has 0 unspecified atom stereocenters. The van der Waals surface area contributed by atoms with Gasteiger partial charge in [0.05, 0.1) is 5.52 Å². The molecule has 4 nitrogen and oxygen atoms in total. The van der Waals surface area contributed by atoms with Crippen LogP contribution in [-0.4, -0.2) is 49.2 Å². The Balaban J connectivity index is 1.75. The first-order chi connectivity index (χ1) is 10.7. The molecule has 1 saturated heterocycles. The van der Waals surface area contributed by atoms with Crippen molar-refractivity contribution >= 4 is 16.7 Å². The van der Waals surface area contributed by atoms with Crippen LogP contribution in [0.25, 0.3) is 10.9 Å². The Morgan fingerprint density at radius 3 is 2.59 bits per heavy atom. The van der Waals surface area contributed by atoms with Crippen molar-refractivity contribution in [2.45, 2.75) is 20.3 Å². The molecule has 118 valence electrons. The molecule has 2 N–H and O–H groups in total. The van der Waals surface area contributed by atoms with Crippen LogP contribution in [-0.2, 0) is 0 Å². The van der Waals surface area contributed by atoms with Crippen LogP contribution in [0.3, 0.4) is 0 Å². The molecule has 1 aromatic heterocycles. The summed E-state index contributed by atoms with van der Waals surface area (Å²) in [6.07, 6.45) is 1.09. The molecule has 22 heavy (non-hydrogen) atoms. The minimum Gasteiger partial charge on any atom is -0.354 e. The molecule has 0 amide bonds. The maximum atomic E-state index is 5.59. The van der Waals surface area contributed by atoms with Crippen molar-refractivity contribution in [1.82, 2.24) is 9.88 Å². The van der Waals surface area contributed by atoms with Crippen molar-refractivity contribution in [3.8, 4) is 0 Å². The topological polar surface area (TPSA) is 45.4 Å².